The second-order valence-electron chi connectivity index (χ2n) is 9.50. The lowest BCUT2D eigenvalue weighted by atomic mass is 9.91. The van der Waals surface area contributed by atoms with Gasteiger partial charge in [-0.25, -0.2) is 4.79 Å². The van der Waals surface area contributed by atoms with E-state index in [1.807, 2.05) is 18.2 Å². The molecule has 3 aromatic rings. The summed E-state index contributed by atoms with van der Waals surface area (Å²) >= 11 is 0. The van der Waals surface area contributed by atoms with Crippen molar-refractivity contribution in [2.24, 2.45) is 5.92 Å². The minimum atomic E-state index is -0.219. The highest BCUT2D eigenvalue weighted by atomic mass is 16.5. The number of rotatable bonds is 12. The number of carbonyl (C=O) groups excluding carboxylic acids is 1. The molecule has 34 heavy (non-hydrogen) atoms. The largest absolute Gasteiger partial charge is 0.459 e. The molecule has 0 N–H and O–H groups in total. The Bertz CT molecular complexity index is 1020. The van der Waals surface area contributed by atoms with Crippen molar-refractivity contribution < 1.29 is 9.53 Å². The standard InChI is InChI=1S/C32H40O2/c1-5-8-15-29(12-6-2)34-32(33)28-20-21-30(26-13-10-9-11-14-26)31(23-28)27-18-16-25(17-19-27)22-24(4)7-3/h9-11,13-14,16-21,23-24,29H,5-8,12,15,22H2,1-4H3. The third-order valence-corrected chi connectivity index (χ3v) is 6.65. The summed E-state index contributed by atoms with van der Waals surface area (Å²) in [5.74, 6) is 0.455. The van der Waals surface area contributed by atoms with Gasteiger partial charge >= 0.3 is 5.97 Å². The first-order valence-corrected chi connectivity index (χ1v) is 13.0. The summed E-state index contributed by atoms with van der Waals surface area (Å²) in [5, 5.41) is 0. The lowest BCUT2D eigenvalue weighted by Crippen LogP contribution is -2.18. The number of esters is 1. The van der Waals surface area contributed by atoms with E-state index < -0.39 is 0 Å². The maximum atomic E-state index is 13.1. The van der Waals surface area contributed by atoms with Gasteiger partial charge in [0.2, 0.25) is 0 Å². The zero-order valence-electron chi connectivity index (χ0n) is 21.3. The molecule has 2 unspecified atom stereocenters. The fourth-order valence-corrected chi connectivity index (χ4v) is 4.38. The van der Waals surface area contributed by atoms with Gasteiger partial charge in [0.05, 0.1) is 5.56 Å². The molecule has 2 atom stereocenters. The summed E-state index contributed by atoms with van der Waals surface area (Å²) in [4.78, 5) is 13.1. The van der Waals surface area contributed by atoms with Crippen LogP contribution in [0.3, 0.4) is 0 Å². The van der Waals surface area contributed by atoms with Crippen LogP contribution in [0.15, 0.2) is 72.8 Å². The van der Waals surface area contributed by atoms with Crippen LogP contribution in [0.4, 0.5) is 0 Å². The normalized spacial score (nSPS) is 12.8. The molecule has 0 spiro atoms. The average molecular weight is 457 g/mol. The Labute approximate surface area is 206 Å². The zero-order chi connectivity index (χ0) is 24.3. The summed E-state index contributed by atoms with van der Waals surface area (Å²) in [5.41, 5.74) is 6.44. The van der Waals surface area contributed by atoms with E-state index in [4.69, 9.17) is 4.74 Å². The van der Waals surface area contributed by atoms with Gasteiger partial charge in [0.1, 0.15) is 6.10 Å². The van der Waals surface area contributed by atoms with Crippen LogP contribution < -0.4 is 0 Å². The summed E-state index contributed by atoms with van der Waals surface area (Å²) < 4.78 is 5.95. The van der Waals surface area contributed by atoms with E-state index in [0.29, 0.717) is 11.5 Å². The number of carbonyl (C=O) groups is 1. The molecule has 0 fully saturated rings. The number of ether oxygens (including phenoxy) is 1. The van der Waals surface area contributed by atoms with E-state index in [2.05, 4.69) is 82.3 Å². The van der Waals surface area contributed by atoms with E-state index in [1.54, 1.807) is 0 Å². The molecule has 0 aliphatic rings. The van der Waals surface area contributed by atoms with Gasteiger partial charge in [-0.3, -0.25) is 0 Å². The van der Waals surface area contributed by atoms with E-state index in [-0.39, 0.29) is 12.1 Å². The first-order chi connectivity index (χ1) is 16.5. The molecular formula is C32H40O2. The van der Waals surface area contributed by atoms with Crippen molar-refractivity contribution in [3.63, 3.8) is 0 Å². The van der Waals surface area contributed by atoms with E-state index in [9.17, 15) is 4.79 Å². The van der Waals surface area contributed by atoms with Gasteiger partial charge in [-0.05, 0) is 65.1 Å². The number of hydrogen-bond donors (Lipinski definition) is 0. The molecule has 180 valence electrons. The van der Waals surface area contributed by atoms with Crippen molar-refractivity contribution >= 4 is 5.97 Å². The number of hydrogen-bond acceptors (Lipinski definition) is 2. The first-order valence-electron chi connectivity index (χ1n) is 13.0. The van der Waals surface area contributed by atoms with Gasteiger partial charge in [-0.2, -0.15) is 0 Å². The third-order valence-electron chi connectivity index (χ3n) is 6.65. The van der Waals surface area contributed by atoms with Gasteiger partial charge in [0.25, 0.3) is 0 Å². The molecule has 0 aliphatic carbocycles. The average Bonchev–Trinajstić information content (AvgIpc) is 2.88. The fourth-order valence-electron chi connectivity index (χ4n) is 4.38. The molecule has 0 aromatic heterocycles. The van der Waals surface area contributed by atoms with Crippen LogP contribution in [-0.2, 0) is 11.2 Å². The van der Waals surface area contributed by atoms with E-state index in [0.717, 1.165) is 60.8 Å². The molecule has 2 nitrogen and oxygen atoms in total. The van der Waals surface area contributed by atoms with Crippen molar-refractivity contribution in [2.45, 2.75) is 78.7 Å². The minimum absolute atomic E-state index is 0.00506. The Kier molecular flexibility index (Phi) is 9.94. The molecule has 0 bridgehead atoms. The van der Waals surface area contributed by atoms with Crippen molar-refractivity contribution in [2.75, 3.05) is 0 Å². The Balaban J connectivity index is 1.94. The Morgan fingerprint density at radius 1 is 0.794 bits per heavy atom. The molecule has 2 heteroatoms. The highest BCUT2D eigenvalue weighted by molar-refractivity contribution is 5.94. The predicted molar refractivity (Wildman–Crippen MR) is 144 cm³/mol. The predicted octanol–water partition coefficient (Wildman–Crippen LogP) is 9.12. The molecule has 0 radical (unpaired) electrons. The SMILES string of the molecule is CCCCC(CCC)OC(=O)c1ccc(-c2ccccc2)c(-c2ccc(CC(C)CC)cc2)c1. The highest BCUT2D eigenvalue weighted by Crippen LogP contribution is 2.34. The molecule has 0 amide bonds. The van der Waals surface area contributed by atoms with Crippen LogP contribution in [0.25, 0.3) is 22.3 Å². The Morgan fingerprint density at radius 2 is 1.50 bits per heavy atom. The maximum absolute atomic E-state index is 13.1. The molecule has 0 saturated carbocycles. The van der Waals surface area contributed by atoms with Crippen LogP contribution in [0.2, 0.25) is 0 Å². The van der Waals surface area contributed by atoms with Crippen LogP contribution >= 0.6 is 0 Å². The molecule has 3 rings (SSSR count). The van der Waals surface area contributed by atoms with Gasteiger partial charge in [-0.1, -0.05) is 114 Å². The number of benzene rings is 3. The van der Waals surface area contributed by atoms with Crippen molar-refractivity contribution in [1.82, 2.24) is 0 Å². The van der Waals surface area contributed by atoms with Gasteiger partial charge in [0.15, 0.2) is 0 Å². The summed E-state index contributed by atoms with van der Waals surface area (Å²) in [6.45, 7) is 8.85. The van der Waals surface area contributed by atoms with E-state index >= 15 is 0 Å². The summed E-state index contributed by atoms with van der Waals surface area (Å²) in [7, 11) is 0. The van der Waals surface area contributed by atoms with Crippen molar-refractivity contribution in [3.05, 3.63) is 83.9 Å². The summed E-state index contributed by atoms with van der Waals surface area (Å²) in [6, 6.07) is 25.2. The van der Waals surface area contributed by atoms with Crippen LogP contribution in [0.1, 0.15) is 82.1 Å². The second-order valence-corrected chi connectivity index (χ2v) is 9.50. The highest BCUT2D eigenvalue weighted by Gasteiger charge is 2.18. The van der Waals surface area contributed by atoms with Crippen molar-refractivity contribution in [1.29, 1.82) is 0 Å². The molecule has 0 saturated heterocycles. The minimum Gasteiger partial charge on any atom is -0.459 e. The van der Waals surface area contributed by atoms with Gasteiger partial charge in [0, 0.05) is 0 Å². The zero-order valence-corrected chi connectivity index (χ0v) is 21.3. The second kappa shape index (κ2) is 13.1. The Morgan fingerprint density at radius 3 is 2.15 bits per heavy atom. The lowest BCUT2D eigenvalue weighted by Gasteiger charge is -2.18. The molecule has 3 aromatic carbocycles. The number of unbranched alkanes of at least 4 members (excludes halogenated alkanes) is 1. The van der Waals surface area contributed by atoms with Crippen LogP contribution in [0, 0.1) is 5.92 Å². The fraction of sp³-hybridized carbons (Fsp3) is 0.406. The smallest absolute Gasteiger partial charge is 0.338 e. The van der Waals surface area contributed by atoms with Gasteiger partial charge in [-0.15, -0.1) is 0 Å². The van der Waals surface area contributed by atoms with Gasteiger partial charge < -0.3 is 4.74 Å². The monoisotopic (exact) mass is 456 g/mol. The maximum Gasteiger partial charge on any atom is 0.338 e. The first kappa shape index (κ1) is 25.7. The Hall–Kier alpha value is -2.87. The molecular weight excluding hydrogens is 416 g/mol. The van der Waals surface area contributed by atoms with Crippen LogP contribution in [-0.4, -0.2) is 12.1 Å². The van der Waals surface area contributed by atoms with E-state index in [1.165, 1.54) is 12.0 Å². The summed E-state index contributed by atoms with van der Waals surface area (Å²) in [6.07, 6.45) is 7.32. The van der Waals surface area contributed by atoms with Crippen LogP contribution in [0.5, 0.6) is 0 Å². The van der Waals surface area contributed by atoms with Crippen molar-refractivity contribution in [3.8, 4) is 22.3 Å². The molecule has 0 aliphatic heterocycles. The third kappa shape index (κ3) is 7.06. The lowest BCUT2D eigenvalue weighted by molar-refractivity contribution is 0.0255. The molecule has 0 heterocycles. The quantitative estimate of drug-likeness (QED) is 0.254. The topological polar surface area (TPSA) is 26.3 Å².